The monoisotopic (exact) mass is 282 g/mol. The zero-order chi connectivity index (χ0) is 13.8. The fourth-order valence-corrected chi connectivity index (χ4v) is 1.71. The van der Waals surface area contributed by atoms with Crippen LogP contribution >= 0.6 is 11.6 Å². The average molecular weight is 283 g/mol. The minimum Gasteiger partial charge on any atom is -0.348 e. The number of benzene rings is 1. The molecule has 0 fully saturated rings. The van der Waals surface area contributed by atoms with Gasteiger partial charge in [0.05, 0.1) is 10.6 Å². The van der Waals surface area contributed by atoms with Crippen LogP contribution in [0.4, 0.5) is 8.78 Å². The van der Waals surface area contributed by atoms with Crippen LogP contribution in [0.2, 0.25) is 5.02 Å². The van der Waals surface area contributed by atoms with Gasteiger partial charge in [-0.05, 0) is 23.8 Å². The van der Waals surface area contributed by atoms with Gasteiger partial charge in [0.1, 0.15) is 0 Å². The van der Waals surface area contributed by atoms with Crippen LogP contribution in [0.3, 0.4) is 0 Å². The number of halogens is 3. The maximum atomic E-state index is 13.1. The van der Waals surface area contributed by atoms with Crippen molar-refractivity contribution in [2.75, 3.05) is 0 Å². The Labute approximate surface area is 113 Å². The summed E-state index contributed by atoms with van der Waals surface area (Å²) >= 11 is 5.70. The normalized spacial score (nSPS) is 10.3. The number of carbonyl (C=O) groups is 1. The number of rotatable bonds is 3. The Morgan fingerprint density at radius 2 is 2.05 bits per heavy atom. The number of hydrogen-bond donors (Lipinski definition) is 1. The predicted molar refractivity (Wildman–Crippen MR) is 66.8 cm³/mol. The Morgan fingerprint density at radius 3 is 2.74 bits per heavy atom. The maximum absolute atomic E-state index is 13.1. The summed E-state index contributed by atoms with van der Waals surface area (Å²) in [5.74, 6) is -2.78. The molecule has 2 aromatic rings. The fourth-order valence-electron chi connectivity index (χ4n) is 1.48. The second-order valence-corrected chi connectivity index (χ2v) is 4.20. The van der Waals surface area contributed by atoms with E-state index in [1.807, 2.05) is 0 Å². The largest absolute Gasteiger partial charge is 0.348 e. The first-order valence-corrected chi connectivity index (χ1v) is 5.77. The third kappa shape index (κ3) is 3.26. The summed E-state index contributed by atoms with van der Waals surface area (Å²) in [6, 6.07) is 5.05. The van der Waals surface area contributed by atoms with Gasteiger partial charge < -0.3 is 5.32 Å². The first-order valence-electron chi connectivity index (χ1n) is 5.39. The smallest absolute Gasteiger partial charge is 0.253 e. The van der Waals surface area contributed by atoms with Gasteiger partial charge in [-0.3, -0.25) is 9.78 Å². The molecule has 1 N–H and O–H groups in total. The summed E-state index contributed by atoms with van der Waals surface area (Å²) < 4.78 is 25.9. The second kappa shape index (κ2) is 5.75. The zero-order valence-corrected chi connectivity index (χ0v) is 10.4. The molecule has 1 aromatic carbocycles. The molecule has 2 rings (SSSR count). The van der Waals surface area contributed by atoms with Crippen LogP contribution in [-0.4, -0.2) is 10.9 Å². The fraction of sp³-hybridized carbons (Fsp3) is 0.0769. The molecule has 0 saturated carbocycles. The lowest BCUT2D eigenvalue weighted by atomic mass is 10.2. The van der Waals surface area contributed by atoms with Crippen LogP contribution in [0.25, 0.3) is 0 Å². The van der Waals surface area contributed by atoms with E-state index in [-0.39, 0.29) is 17.1 Å². The van der Waals surface area contributed by atoms with E-state index in [4.69, 9.17) is 11.6 Å². The third-order valence-electron chi connectivity index (χ3n) is 2.43. The molecule has 0 spiro atoms. The number of pyridine rings is 1. The van der Waals surface area contributed by atoms with Gasteiger partial charge in [-0.2, -0.15) is 0 Å². The maximum Gasteiger partial charge on any atom is 0.253 e. The van der Waals surface area contributed by atoms with Gasteiger partial charge in [0.15, 0.2) is 11.6 Å². The number of amides is 1. The van der Waals surface area contributed by atoms with E-state index in [1.54, 1.807) is 24.5 Å². The lowest BCUT2D eigenvalue weighted by Crippen LogP contribution is -2.23. The molecule has 3 nitrogen and oxygen atoms in total. The lowest BCUT2D eigenvalue weighted by molar-refractivity contribution is 0.0950. The van der Waals surface area contributed by atoms with Crippen molar-refractivity contribution < 1.29 is 13.6 Å². The van der Waals surface area contributed by atoms with E-state index in [9.17, 15) is 13.6 Å². The molecule has 0 saturated heterocycles. The highest BCUT2D eigenvalue weighted by Crippen LogP contribution is 2.19. The summed E-state index contributed by atoms with van der Waals surface area (Å²) in [7, 11) is 0. The van der Waals surface area contributed by atoms with Crippen molar-refractivity contribution in [1.29, 1.82) is 0 Å². The number of carbonyl (C=O) groups excluding carboxylic acids is 1. The second-order valence-electron chi connectivity index (χ2n) is 3.79. The summed E-state index contributed by atoms with van der Waals surface area (Å²) in [4.78, 5) is 15.7. The quantitative estimate of drug-likeness (QED) is 0.880. The van der Waals surface area contributed by atoms with Crippen molar-refractivity contribution in [1.82, 2.24) is 10.3 Å². The van der Waals surface area contributed by atoms with Gasteiger partial charge in [0.25, 0.3) is 5.91 Å². The first kappa shape index (κ1) is 13.4. The number of hydrogen-bond acceptors (Lipinski definition) is 2. The molecule has 1 amide bonds. The molecular formula is C13H9ClF2N2O. The zero-order valence-electron chi connectivity index (χ0n) is 9.66. The molecule has 0 unspecified atom stereocenters. The molecule has 19 heavy (non-hydrogen) atoms. The highest BCUT2D eigenvalue weighted by Gasteiger charge is 2.14. The molecule has 0 aliphatic carbocycles. The highest BCUT2D eigenvalue weighted by molar-refractivity contribution is 6.33. The van der Waals surface area contributed by atoms with Crippen molar-refractivity contribution in [3.63, 3.8) is 0 Å². The number of aromatic nitrogens is 1. The Balaban J connectivity index is 2.10. The van der Waals surface area contributed by atoms with Crippen LogP contribution in [-0.2, 0) is 6.54 Å². The van der Waals surface area contributed by atoms with E-state index in [0.29, 0.717) is 0 Å². The molecule has 98 valence electrons. The standard InChI is InChI=1S/C13H9ClF2N2O/c14-10-5-12(16)11(15)4-9(10)13(19)18-7-8-2-1-3-17-6-8/h1-6H,7H2,(H,18,19). The minimum atomic E-state index is -1.11. The molecule has 0 bridgehead atoms. The average Bonchev–Trinajstić information content (AvgIpc) is 2.41. The van der Waals surface area contributed by atoms with Crippen LogP contribution in [0.15, 0.2) is 36.7 Å². The van der Waals surface area contributed by atoms with Gasteiger partial charge in [-0.15, -0.1) is 0 Å². The molecule has 0 atom stereocenters. The van der Waals surface area contributed by atoms with Crippen LogP contribution in [0.5, 0.6) is 0 Å². The summed E-state index contributed by atoms with van der Waals surface area (Å²) in [6.45, 7) is 0.224. The van der Waals surface area contributed by atoms with Gasteiger partial charge >= 0.3 is 0 Å². The minimum absolute atomic E-state index is 0.107. The molecular weight excluding hydrogens is 274 g/mol. The molecule has 1 aromatic heterocycles. The van der Waals surface area contributed by atoms with Gasteiger partial charge in [0.2, 0.25) is 0 Å². The summed E-state index contributed by atoms with van der Waals surface area (Å²) in [6.07, 6.45) is 3.20. The number of nitrogens with zero attached hydrogens (tertiary/aromatic N) is 1. The SMILES string of the molecule is O=C(NCc1cccnc1)c1cc(F)c(F)cc1Cl. The molecule has 0 radical (unpaired) electrons. The molecule has 0 aliphatic heterocycles. The van der Waals surface area contributed by atoms with Crippen molar-refractivity contribution in [2.24, 2.45) is 0 Å². The molecule has 0 aliphatic rings. The Morgan fingerprint density at radius 1 is 1.32 bits per heavy atom. The van der Waals surface area contributed by atoms with E-state index in [1.165, 1.54) is 0 Å². The van der Waals surface area contributed by atoms with Gasteiger partial charge in [-0.25, -0.2) is 8.78 Å². The topological polar surface area (TPSA) is 42.0 Å². The van der Waals surface area contributed by atoms with E-state index in [2.05, 4.69) is 10.3 Å². The predicted octanol–water partition coefficient (Wildman–Crippen LogP) is 2.94. The van der Waals surface area contributed by atoms with Gasteiger partial charge in [-0.1, -0.05) is 17.7 Å². The highest BCUT2D eigenvalue weighted by atomic mass is 35.5. The Kier molecular flexibility index (Phi) is 4.06. The Hall–Kier alpha value is -2.01. The summed E-state index contributed by atoms with van der Waals surface area (Å²) in [5.41, 5.74) is 0.680. The van der Waals surface area contributed by atoms with Crippen LogP contribution in [0.1, 0.15) is 15.9 Å². The lowest BCUT2D eigenvalue weighted by Gasteiger charge is -2.07. The van der Waals surface area contributed by atoms with Crippen LogP contribution in [0, 0.1) is 11.6 Å². The van der Waals surface area contributed by atoms with Crippen molar-refractivity contribution >= 4 is 17.5 Å². The van der Waals surface area contributed by atoms with E-state index in [0.717, 1.165) is 17.7 Å². The number of nitrogens with one attached hydrogen (secondary N) is 1. The summed E-state index contributed by atoms with van der Waals surface area (Å²) in [5, 5.41) is 2.41. The van der Waals surface area contributed by atoms with Crippen molar-refractivity contribution in [2.45, 2.75) is 6.54 Å². The van der Waals surface area contributed by atoms with E-state index >= 15 is 0 Å². The van der Waals surface area contributed by atoms with Gasteiger partial charge in [0, 0.05) is 18.9 Å². The van der Waals surface area contributed by atoms with Crippen molar-refractivity contribution in [3.05, 3.63) is 64.4 Å². The van der Waals surface area contributed by atoms with E-state index < -0.39 is 17.5 Å². The first-order chi connectivity index (χ1) is 9.08. The van der Waals surface area contributed by atoms with Crippen LogP contribution < -0.4 is 5.32 Å². The Bertz CT molecular complexity index is 605. The van der Waals surface area contributed by atoms with Crippen molar-refractivity contribution in [3.8, 4) is 0 Å². The molecule has 1 heterocycles. The molecule has 6 heteroatoms. The third-order valence-corrected chi connectivity index (χ3v) is 2.74.